The maximum Gasteiger partial charge on any atom is 0.357 e. The van der Waals surface area contributed by atoms with Crippen molar-refractivity contribution in [2.45, 2.75) is 32.4 Å². The highest BCUT2D eigenvalue weighted by molar-refractivity contribution is 5.91. The molecule has 1 aromatic heterocycles. The minimum atomic E-state index is -0.882. The maximum absolute atomic E-state index is 12.8. The molecular weight excluding hydrogens is 334 g/mol. The summed E-state index contributed by atoms with van der Waals surface area (Å²) < 4.78 is 12.5. The standard InChI is InChI=1S/C19H23N3O4/c1-12(2)17(26-19(24)15-8-10-20-22(15)3)18(23)21-14-9-11-25-16-7-5-4-6-13(14)16/h4-8,10,12,14,17H,9,11H2,1-3H3,(H,21,23)/t14-,17+/m0/s1. The zero-order valence-corrected chi connectivity index (χ0v) is 15.1. The van der Waals surface area contributed by atoms with E-state index >= 15 is 0 Å². The quantitative estimate of drug-likeness (QED) is 0.830. The number of hydrogen-bond donors (Lipinski definition) is 1. The Hall–Kier alpha value is -2.83. The second kappa shape index (κ2) is 7.59. The molecule has 138 valence electrons. The summed E-state index contributed by atoms with van der Waals surface area (Å²) >= 11 is 0. The van der Waals surface area contributed by atoms with Crippen molar-refractivity contribution >= 4 is 11.9 Å². The van der Waals surface area contributed by atoms with Crippen LogP contribution in [0.2, 0.25) is 0 Å². The van der Waals surface area contributed by atoms with Gasteiger partial charge in [0.05, 0.1) is 12.6 Å². The number of amides is 1. The van der Waals surface area contributed by atoms with Crippen molar-refractivity contribution in [2.24, 2.45) is 13.0 Å². The second-order valence-corrected chi connectivity index (χ2v) is 6.65. The van der Waals surface area contributed by atoms with E-state index in [0.29, 0.717) is 18.7 Å². The van der Waals surface area contributed by atoms with E-state index < -0.39 is 12.1 Å². The summed E-state index contributed by atoms with van der Waals surface area (Å²) in [7, 11) is 1.65. The summed E-state index contributed by atoms with van der Waals surface area (Å²) in [6, 6.07) is 9.03. The van der Waals surface area contributed by atoms with Gasteiger partial charge in [-0.25, -0.2) is 4.79 Å². The largest absolute Gasteiger partial charge is 0.493 e. The van der Waals surface area contributed by atoms with Gasteiger partial charge in [0.15, 0.2) is 6.10 Å². The van der Waals surface area contributed by atoms with E-state index in [1.807, 2.05) is 38.1 Å². The number of aryl methyl sites for hydroxylation is 1. The van der Waals surface area contributed by atoms with Crippen molar-refractivity contribution in [2.75, 3.05) is 6.61 Å². The zero-order chi connectivity index (χ0) is 18.7. The number of para-hydroxylation sites is 1. The van der Waals surface area contributed by atoms with Crippen LogP contribution in [0.5, 0.6) is 5.75 Å². The molecule has 0 radical (unpaired) electrons. The number of ether oxygens (including phenoxy) is 2. The smallest absolute Gasteiger partial charge is 0.357 e. The summed E-state index contributed by atoms with van der Waals surface area (Å²) in [5.41, 5.74) is 1.24. The Kier molecular flexibility index (Phi) is 5.25. The summed E-state index contributed by atoms with van der Waals surface area (Å²) in [4.78, 5) is 25.2. The van der Waals surface area contributed by atoms with E-state index in [1.54, 1.807) is 13.1 Å². The van der Waals surface area contributed by atoms with Crippen LogP contribution in [0.4, 0.5) is 0 Å². The average molecular weight is 357 g/mol. The molecule has 0 aliphatic carbocycles. The first-order valence-corrected chi connectivity index (χ1v) is 8.68. The number of carbonyl (C=O) groups is 2. The van der Waals surface area contributed by atoms with Gasteiger partial charge in [-0.3, -0.25) is 9.48 Å². The molecule has 0 bridgehead atoms. The lowest BCUT2D eigenvalue weighted by Gasteiger charge is -2.29. The topological polar surface area (TPSA) is 82.5 Å². The lowest BCUT2D eigenvalue weighted by Crippen LogP contribution is -2.43. The molecule has 0 spiro atoms. The molecule has 1 N–H and O–H groups in total. The number of fused-ring (bicyclic) bond motifs is 1. The number of carbonyl (C=O) groups excluding carboxylic acids is 2. The molecule has 1 amide bonds. The first-order valence-electron chi connectivity index (χ1n) is 8.68. The van der Waals surface area contributed by atoms with Crippen LogP contribution < -0.4 is 10.1 Å². The van der Waals surface area contributed by atoms with Gasteiger partial charge in [0.1, 0.15) is 11.4 Å². The molecule has 0 fully saturated rings. The van der Waals surface area contributed by atoms with Crippen molar-refractivity contribution in [3.8, 4) is 5.75 Å². The lowest BCUT2D eigenvalue weighted by molar-refractivity contribution is -0.133. The summed E-state index contributed by atoms with van der Waals surface area (Å²) in [5.74, 6) is -0.261. The minimum absolute atomic E-state index is 0.163. The highest BCUT2D eigenvalue weighted by Gasteiger charge is 2.31. The van der Waals surface area contributed by atoms with Gasteiger partial charge in [-0.15, -0.1) is 0 Å². The second-order valence-electron chi connectivity index (χ2n) is 6.65. The minimum Gasteiger partial charge on any atom is -0.493 e. The predicted octanol–water partition coefficient (Wildman–Crippen LogP) is 2.24. The molecule has 2 heterocycles. The van der Waals surface area contributed by atoms with E-state index in [0.717, 1.165) is 11.3 Å². The Morgan fingerprint density at radius 2 is 2.08 bits per heavy atom. The van der Waals surface area contributed by atoms with Crippen LogP contribution >= 0.6 is 0 Å². The number of nitrogens with zero attached hydrogens (tertiary/aromatic N) is 2. The first kappa shape index (κ1) is 18.0. The molecule has 0 unspecified atom stereocenters. The molecule has 1 aliphatic heterocycles. The molecule has 0 saturated heterocycles. The fraction of sp³-hybridized carbons (Fsp3) is 0.421. The molecule has 7 nitrogen and oxygen atoms in total. The van der Waals surface area contributed by atoms with Gasteiger partial charge in [0.2, 0.25) is 0 Å². The van der Waals surface area contributed by atoms with Gasteiger partial charge in [-0.2, -0.15) is 5.10 Å². The van der Waals surface area contributed by atoms with E-state index in [4.69, 9.17) is 9.47 Å². The van der Waals surface area contributed by atoms with Gasteiger partial charge in [-0.05, 0) is 18.1 Å². The molecule has 3 rings (SSSR count). The summed E-state index contributed by atoms with van der Waals surface area (Å²) in [6.45, 7) is 4.22. The van der Waals surface area contributed by atoms with Crippen LogP contribution in [0.25, 0.3) is 0 Å². The Morgan fingerprint density at radius 1 is 1.31 bits per heavy atom. The van der Waals surface area contributed by atoms with Crippen LogP contribution in [-0.2, 0) is 16.6 Å². The van der Waals surface area contributed by atoms with Crippen LogP contribution in [0.1, 0.15) is 42.4 Å². The zero-order valence-electron chi connectivity index (χ0n) is 15.1. The molecule has 1 aliphatic rings. The number of hydrogen-bond acceptors (Lipinski definition) is 5. The Morgan fingerprint density at radius 3 is 2.77 bits per heavy atom. The predicted molar refractivity (Wildman–Crippen MR) is 94.7 cm³/mol. The van der Waals surface area contributed by atoms with Crippen molar-refractivity contribution in [1.82, 2.24) is 15.1 Å². The molecular formula is C19H23N3O4. The molecule has 26 heavy (non-hydrogen) atoms. The number of aromatic nitrogens is 2. The van der Waals surface area contributed by atoms with E-state index in [1.165, 1.54) is 10.9 Å². The summed E-state index contributed by atoms with van der Waals surface area (Å²) in [6.07, 6.45) is 1.30. The lowest BCUT2D eigenvalue weighted by atomic mass is 9.99. The van der Waals surface area contributed by atoms with Crippen LogP contribution in [-0.4, -0.2) is 34.4 Å². The Balaban J connectivity index is 1.72. The monoisotopic (exact) mass is 357 g/mol. The molecule has 2 aromatic rings. The van der Waals surface area contributed by atoms with Crippen molar-refractivity contribution in [1.29, 1.82) is 0 Å². The average Bonchev–Trinajstić information content (AvgIpc) is 3.05. The van der Waals surface area contributed by atoms with Gasteiger partial charge >= 0.3 is 5.97 Å². The Labute approximate surface area is 152 Å². The number of esters is 1. The molecule has 0 saturated carbocycles. The summed E-state index contributed by atoms with van der Waals surface area (Å²) in [5, 5.41) is 6.96. The van der Waals surface area contributed by atoms with Gasteiger partial charge in [0.25, 0.3) is 5.91 Å². The van der Waals surface area contributed by atoms with Crippen molar-refractivity contribution in [3.63, 3.8) is 0 Å². The first-order chi connectivity index (χ1) is 12.5. The van der Waals surface area contributed by atoms with E-state index in [2.05, 4.69) is 10.4 Å². The number of benzene rings is 1. The van der Waals surface area contributed by atoms with E-state index in [-0.39, 0.29) is 17.9 Å². The van der Waals surface area contributed by atoms with Crippen LogP contribution in [0.3, 0.4) is 0 Å². The fourth-order valence-corrected chi connectivity index (χ4v) is 2.99. The molecule has 2 atom stereocenters. The van der Waals surface area contributed by atoms with Gasteiger partial charge in [-0.1, -0.05) is 32.0 Å². The van der Waals surface area contributed by atoms with Crippen LogP contribution in [0.15, 0.2) is 36.5 Å². The number of nitrogens with one attached hydrogen (secondary N) is 1. The third-order valence-electron chi connectivity index (χ3n) is 4.40. The number of rotatable bonds is 5. The van der Waals surface area contributed by atoms with Gasteiger partial charge in [0, 0.05) is 25.2 Å². The molecule has 1 aromatic carbocycles. The van der Waals surface area contributed by atoms with Gasteiger partial charge < -0.3 is 14.8 Å². The normalized spacial score (nSPS) is 17.2. The fourth-order valence-electron chi connectivity index (χ4n) is 2.99. The van der Waals surface area contributed by atoms with Crippen LogP contribution in [0, 0.1) is 5.92 Å². The Bertz CT molecular complexity index is 800. The van der Waals surface area contributed by atoms with E-state index in [9.17, 15) is 9.59 Å². The third-order valence-corrected chi connectivity index (χ3v) is 4.40. The molecule has 7 heteroatoms. The van der Waals surface area contributed by atoms with Crippen molar-refractivity contribution in [3.05, 3.63) is 47.8 Å². The SMILES string of the molecule is CC(C)[C@@H](OC(=O)c1ccnn1C)C(=O)N[C@H]1CCOc2ccccc21. The maximum atomic E-state index is 12.8. The van der Waals surface area contributed by atoms with Crippen molar-refractivity contribution < 1.29 is 19.1 Å². The third kappa shape index (κ3) is 3.71. The highest BCUT2D eigenvalue weighted by atomic mass is 16.5. The highest BCUT2D eigenvalue weighted by Crippen LogP contribution is 2.31.